The van der Waals surface area contributed by atoms with Crippen molar-refractivity contribution >= 4 is 28.7 Å². The molecule has 0 aliphatic heterocycles. The van der Waals surface area contributed by atoms with Crippen molar-refractivity contribution < 1.29 is 13.9 Å². The molecule has 0 aliphatic carbocycles. The van der Waals surface area contributed by atoms with Crippen molar-refractivity contribution in [3.8, 4) is 0 Å². The van der Waals surface area contributed by atoms with E-state index in [-0.39, 0.29) is 0 Å². The number of ether oxygens (including phenoxy) is 1. The summed E-state index contributed by atoms with van der Waals surface area (Å²) in [4.78, 5) is 15.1. The average molecular weight is 212 g/mol. The predicted octanol–water partition coefficient (Wildman–Crippen LogP) is 2.27. The topological polar surface area (TPSA) is 52.3 Å². The molecule has 2 aromatic rings. The summed E-state index contributed by atoms with van der Waals surface area (Å²) in [5.74, 6) is -0.448. The van der Waals surface area contributed by atoms with E-state index in [0.29, 0.717) is 21.7 Å². The second-order valence-corrected chi connectivity index (χ2v) is 3.06. The molecule has 5 heteroatoms. The highest BCUT2D eigenvalue weighted by Crippen LogP contribution is 2.24. The van der Waals surface area contributed by atoms with E-state index in [9.17, 15) is 4.79 Å². The van der Waals surface area contributed by atoms with Crippen LogP contribution in [0.2, 0.25) is 5.02 Å². The maximum absolute atomic E-state index is 11.2. The monoisotopic (exact) mass is 211 g/mol. The van der Waals surface area contributed by atoms with E-state index in [2.05, 4.69) is 9.72 Å². The van der Waals surface area contributed by atoms with Gasteiger partial charge in [0, 0.05) is 6.20 Å². The highest BCUT2D eigenvalue weighted by atomic mass is 35.5. The Morgan fingerprint density at radius 1 is 1.64 bits per heavy atom. The average Bonchev–Trinajstić information content (AvgIpc) is 2.59. The number of hydrogen-bond donors (Lipinski definition) is 0. The second-order valence-electron chi connectivity index (χ2n) is 2.65. The molecule has 2 aromatic heterocycles. The first kappa shape index (κ1) is 9.02. The fourth-order valence-electron chi connectivity index (χ4n) is 1.12. The summed E-state index contributed by atoms with van der Waals surface area (Å²) in [6.45, 7) is 0. The van der Waals surface area contributed by atoms with Crippen LogP contribution in [0.5, 0.6) is 0 Å². The van der Waals surface area contributed by atoms with E-state index in [4.69, 9.17) is 16.0 Å². The molecular formula is C9H6ClNO3. The van der Waals surface area contributed by atoms with Crippen LogP contribution in [0.3, 0.4) is 0 Å². The minimum Gasteiger partial charge on any atom is -0.465 e. The lowest BCUT2D eigenvalue weighted by molar-refractivity contribution is 0.0600. The summed E-state index contributed by atoms with van der Waals surface area (Å²) in [7, 11) is 1.31. The van der Waals surface area contributed by atoms with Crippen LogP contribution in [0.1, 0.15) is 10.4 Å². The van der Waals surface area contributed by atoms with Crippen LogP contribution < -0.4 is 0 Å². The van der Waals surface area contributed by atoms with Crippen molar-refractivity contribution in [1.29, 1.82) is 0 Å². The van der Waals surface area contributed by atoms with Gasteiger partial charge in [0.05, 0.1) is 23.1 Å². The smallest absolute Gasteiger partial charge is 0.339 e. The molecule has 14 heavy (non-hydrogen) atoms. The van der Waals surface area contributed by atoms with Gasteiger partial charge in [-0.3, -0.25) is 0 Å². The van der Waals surface area contributed by atoms with Crippen LogP contribution in [0.15, 0.2) is 22.9 Å². The van der Waals surface area contributed by atoms with Crippen molar-refractivity contribution in [2.24, 2.45) is 0 Å². The molecule has 0 unspecified atom stereocenters. The lowest BCUT2D eigenvalue weighted by Crippen LogP contribution is -2.01. The van der Waals surface area contributed by atoms with Gasteiger partial charge in [-0.2, -0.15) is 0 Å². The number of rotatable bonds is 1. The van der Waals surface area contributed by atoms with E-state index in [1.54, 1.807) is 6.07 Å². The van der Waals surface area contributed by atoms with Crippen LogP contribution in [-0.4, -0.2) is 18.1 Å². The first-order chi connectivity index (χ1) is 6.72. The number of esters is 1. The molecule has 0 spiro atoms. The van der Waals surface area contributed by atoms with E-state index in [0.717, 1.165) is 0 Å². The molecule has 0 aliphatic rings. The molecule has 0 bridgehead atoms. The third-order valence-corrected chi connectivity index (χ3v) is 2.10. The van der Waals surface area contributed by atoms with Gasteiger partial charge in [-0.1, -0.05) is 11.6 Å². The summed E-state index contributed by atoms with van der Waals surface area (Å²) < 4.78 is 9.57. The molecule has 0 N–H and O–H groups in total. The van der Waals surface area contributed by atoms with Crippen molar-refractivity contribution in [1.82, 2.24) is 4.98 Å². The van der Waals surface area contributed by atoms with E-state index >= 15 is 0 Å². The van der Waals surface area contributed by atoms with Gasteiger partial charge in [0.15, 0.2) is 0 Å². The largest absolute Gasteiger partial charge is 0.465 e. The molecule has 72 valence electrons. The number of carbonyl (C=O) groups excluding carboxylic acids is 1. The van der Waals surface area contributed by atoms with Gasteiger partial charge < -0.3 is 9.15 Å². The Morgan fingerprint density at radius 3 is 3.14 bits per heavy atom. The van der Waals surface area contributed by atoms with Gasteiger partial charge in [0.25, 0.3) is 0 Å². The molecule has 0 saturated carbocycles. The van der Waals surface area contributed by atoms with E-state index in [1.807, 2.05) is 0 Å². The minimum atomic E-state index is -0.448. The molecule has 2 heterocycles. The molecule has 2 rings (SSSR count). The summed E-state index contributed by atoms with van der Waals surface area (Å²) in [5.41, 5.74) is 0.756. The van der Waals surface area contributed by atoms with Crippen molar-refractivity contribution in [2.75, 3.05) is 7.11 Å². The van der Waals surface area contributed by atoms with Crippen LogP contribution in [0.4, 0.5) is 0 Å². The third-order valence-electron chi connectivity index (χ3n) is 1.80. The highest BCUT2D eigenvalue weighted by Gasteiger charge is 2.10. The number of fused-ring (bicyclic) bond motifs is 1. The van der Waals surface area contributed by atoms with Crippen LogP contribution >= 0.6 is 11.6 Å². The van der Waals surface area contributed by atoms with Crippen molar-refractivity contribution in [2.45, 2.75) is 0 Å². The normalized spacial score (nSPS) is 10.4. The number of aromatic nitrogens is 1. The fraction of sp³-hybridized carbons (Fsp3) is 0.111. The number of furan rings is 1. The van der Waals surface area contributed by atoms with E-state index in [1.165, 1.54) is 19.6 Å². The molecule has 4 nitrogen and oxygen atoms in total. The lowest BCUT2D eigenvalue weighted by Gasteiger charge is -1.97. The number of carbonyl (C=O) groups is 1. The summed E-state index contributed by atoms with van der Waals surface area (Å²) in [6.07, 6.45) is 2.76. The Bertz CT molecular complexity index is 492. The molecule has 0 fully saturated rings. The molecule has 0 amide bonds. The summed E-state index contributed by atoms with van der Waals surface area (Å²) >= 11 is 5.81. The maximum Gasteiger partial charge on any atom is 0.339 e. The van der Waals surface area contributed by atoms with Gasteiger partial charge in [-0.05, 0) is 6.07 Å². The zero-order valence-electron chi connectivity index (χ0n) is 7.28. The zero-order valence-corrected chi connectivity index (χ0v) is 8.04. The molecular weight excluding hydrogens is 206 g/mol. The SMILES string of the molecule is COC(=O)c1cnc2occ(Cl)c2c1. The summed E-state index contributed by atoms with van der Waals surface area (Å²) in [5, 5.41) is 1.04. The van der Waals surface area contributed by atoms with Gasteiger partial charge in [0.2, 0.25) is 5.71 Å². The molecule has 0 saturated heterocycles. The molecule has 0 radical (unpaired) electrons. The first-order valence-corrected chi connectivity index (χ1v) is 4.21. The van der Waals surface area contributed by atoms with Gasteiger partial charge in [0.1, 0.15) is 6.26 Å². The Morgan fingerprint density at radius 2 is 2.43 bits per heavy atom. The van der Waals surface area contributed by atoms with Gasteiger partial charge >= 0.3 is 5.97 Å². The molecule has 0 atom stereocenters. The first-order valence-electron chi connectivity index (χ1n) is 3.83. The zero-order chi connectivity index (χ0) is 10.1. The quantitative estimate of drug-likeness (QED) is 0.679. The second kappa shape index (κ2) is 3.31. The number of pyridine rings is 1. The van der Waals surface area contributed by atoms with Gasteiger partial charge in [-0.25, -0.2) is 9.78 Å². The van der Waals surface area contributed by atoms with Crippen molar-refractivity contribution in [3.63, 3.8) is 0 Å². The van der Waals surface area contributed by atoms with E-state index < -0.39 is 5.97 Å². The van der Waals surface area contributed by atoms with Crippen LogP contribution in [-0.2, 0) is 4.74 Å². The van der Waals surface area contributed by atoms with Gasteiger partial charge in [-0.15, -0.1) is 0 Å². The number of hydrogen-bond acceptors (Lipinski definition) is 4. The van der Waals surface area contributed by atoms with Crippen LogP contribution in [0, 0.1) is 0 Å². The fourth-order valence-corrected chi connectivity index (χ4v) is 1.30. The van der Waals surface area contributed by atoms with Crippen molar-refractivity contribution in [3.05, 3.63) is 29.1 Å². The lowest BCUT2D eigenvalue weighted by atomic mass is 10.2. The third kappa shape index (κ3) is 1.33. The Kier molecular flexibility index (Phi) is 2.13. The standard InChI is InChI=1S/C9H6ClNO3/c1-13-9(12)5-2-6-7(10)4-14-8(6)11-3-5/h2-4H,1H3. The predicted molar refractivity (Wildman–Crippen MR) is 50.4 cm³/mol. The Balaban J connectivity index is 2.60. The Hall–Kier alpha value is -1.55. The molecule has 0 aromatic carbocycles. The minimum absolute atomic E-state index is 0.350. The number of nitrogens with zero attached hydrogens (tertiary/aromatic N) is 1. The summed E-state index contributed by atoms with van der Waals surface area (Å²) in [6, 6.07) is 1.58. The maximum atomic E-state index is 11.2. The Labute approximate surface area is 84.4 Å². The number of halogens is 1. The number of methoxy groups -OCH3 is 1. The highest BCUT2D eigenvalue weighted by molar-refractivity contribution is 6.35. The van der Waals surface area contributed by atoms with Crippen LogP contribution in [0.25, 0.3) is 11.1 Å².